The highest BCUT2D eigenvalue weighted by Gasteiger charge is 2.07. The summed E-state index contributed by atoms with van der Waals surface area (Å²) in [6, 6.07) is 13.5. The highest BCUT2D eigenvalue weighted by atomic mass is 127. The van der Waals surface area contributed by atoms with Gasteiger partial charge >= 0.3 is 0 Å². The van der Waals surface area contributed by atoms with E-state index >= 15 is 0 Å². The van der Waals surface area contributed by atoms with Crippen LogP contribution in [0.15, 0.2) is 47.5 Å². The lowest BCUT2D eigenvalue weighted by atomic mass is 10.1. The van der Waals surface area contributed by atoms with E-state index in [1.54, 1.807) is 7.11 Å². The molecule has 0 aliphatic heterocycles. The number of nitrogens with one attached hydrogen (secondary N) is 2. The Morgan fingerprint density at radius 1 is 1.16 bits per heavy atom. The highest BCUT2D eigenvalue weighted by Crippen LogP contribution is 2.20. The number of guanidine groups is 1. The van der Waals surface area contributed by atoms with Crippen molar-refractivity contribution in [2.45, 2.75) is 33.3 Å². The topological polar surface area (TPSA) is 115 Å². The Morgan fingerprint density at radius 3 is 2.44 bits per heavy atom. The van der Waals surface area contributed by atoms with Gasteiger partial charge in [0.05, 0.1) is 25.5 Å². The van der Waals surface area contributed by atoms with Crippen LogP contribution in [0.2, 0.25) is 0 Å². The van der Waals surface area contributed by atoms with Crippen molar-refractivity contribution >= 4 is 45.6 Å². The predicted octanol–water partition coefficient (Wildman–Crippen LogP) is 3.30. The molecule has 0 aromatic heterocycles. The molecule has 0 saturated carbocycles. The third-order valence-electron chi connectivity index (χ3n) is 4.26. The monoisotopic (exact) mass is 576 g/mol. The van der Waals surface area contributed by atoms with Gasteiger partial charge in [-0.2, -0.15) is 0 Å². The van der Waals surface area contributed by atoms with Crippen molar-refractivity contribution in [3.05, 3.63) is 53.6 Å². The predicted molar refractivity (Wildman–Crippen MR) is 141 cm³/mol. The Balaban J connectivity index is 0.00000512. The maximum absolute atomic E-state index is 11.2. The van der Waals surface area contributed by atoms with Gasteiger partial charge in [0, 0.05) is 12.2 Å². The molecule has 0 aliphatic carbocycles. The molecule has 0 spiro atoms. The molecule has 8 nitrogen and oxygen atoms in total. The number of nitrogens with two attached hydrogens (primary N) is 1. The van der Waals surface area contributed by atoms with Gasteiger partial charge in [0.2, 0.25) is 10.0 Å². The molecule has 0 fully saturated rings. The molecule has 0 unspecified atom stereocenters. The summed E-state index contributed by atoms with van der Waals surface area (Å²) in [5.41, 5.74) is 3.03. The van der Waals surface area contributed by atoms with Crippen LogP contribution in [-0.2, 0) is 16.4 Å². The number of methoxy groups -OCH3 is 1. The lowest BCUT2D eigenvalue weighted by Gasteiger charge is -2.15. The van der Waals surface area contributed by atoms with E-state index in [0.717, 1.165) is 28.3 Å². The number of halogens is 1. The molecule has 4 N–H and O–H groups in total. The molecule has 10 heteroatoms. The first-order chi connectivity index (χ1) is 14.7. The fourth-order valence-electron chi connectivity index (χ4n) is 2.87. The van der Waals surface area contributed by atoms with E-state index in [1.165, 1.54) is 0 Å². The molecule has 0 saturated heterocycles. The zero-order valence-electron chi connectivity index (χ0n) is 18.9. The van der Waals surface area contributed by atoms with Gasteiger partial charge in [-0.1, -0.05) is 17.7 Å². The maximum atomic E-state index is 11.2. The van der Waals surface area contributed by atoms with Gasteiger partial charge in [-0.25, -0.2) is 13.6 Å². The minimum atomic E-state index is -3.58. The van der Waals surface area contributed by atoms with Crippen LogP contribution in [0, 0.1) is 6.92 Å². The number of aryl methyl sites for hydroxylation is 1. The van der Waals surface area contributed by atoms with Gasteiger partial charge in [-0.05, 0) is 63.1 Å². The van der Waals surface area contributed by atoms with Crippen LogP contribution in [0.1, 0.15) is 25.0 Å². The van der Waals surface area contributed by atoms with Gasteiger partial charge in [0.25, 0.3) is 0 Å². The Labute approximate surface area is 208 Å². The minimum Gasteiger partial charge on any atom is -0.496 e. The summed E-state index contributed by atoms with van der Waals surface area (Å²) in [5, 5.41) is 11.5. The summed E-state index contributed by atoms with van der Waals surface area (Å²) in [7, 11) is -1.93. The molecular weight excluding hydrogens is 543 g/mol. The summed E-state index contributed by atoms with van der Waals surface area (Å²) >= 11 is 0. The van der Waals surface area contributed by atoms with Crippen molar-refractivity contribution in [1.82, 2.24) is 5.32 Å². The van der Waals surface area contributed by atoms with Crippen LogP contribution in [0.3, 0.4) is 0 Å². The van der Waals surface area contributed by atoms with Gasteiger partial charge < -0.3 is 20.1 Å². The van der Waals surface area contributed by atoms with Gasteiger partial charge in [0.1, 0.15) is 11.5 Å². The second kappa shape index (κ2) is 13.5. The fourth-order valence-corrected chi connectivity index (χ4v) is 3.21. The Bertz CT molecular complexity index is 980. The van der Waals surface area contributed by atoms with E-state index in [-0.39, 0.29) is 42.4 Å². The number of hydrogen-bond acceptors (Lipinski definition) is 5. The Morgan fingerprint density at radius 2 is 1.84 bits per heavy atom. The number of benzene rings is 2. The van der Waals surface area contributed by atoms with E-state index in [0.29, 0.717) is 18.9 Å². The van der Waals surface area contributed by atoms with Crippen molar-refractivity contribution < 1.29 is 17.9 Å². The third kappa shape index (κ3) is 10.5. The molecule has 0 amide bonds. The fraction of sp³-hybridized carbons (Fsp3) is 0.409. The number of hydrogen-bond donors (Lipinski definition) is 3. The molecule has 178 valence electrons. The zero-order valence-corrected chi connectivity index (χ0v) is 22.1. The first-order valence-electron chi connectivity index (χ1n) is 10.1. The summed E-state index contributed by atoms with van der Waals surface area (Å²) in [6.07, 6.45) is 0.802. The first-order valence-corrected chi connectivity index (χ1v) is 11.8. The molecule has 0 atom stereocenters. The number of ether oxygens (including phenoxy) is 2. The minimum absolute atomic E-state index is 0. The molecular formula is C22H33IN4O4S. The number of sulfonamides is 1. The third-order valence-corrected chi connectivity index (χ3v) is 5.01. The largest absolute Gasteiger partial charge is 0.496 e. The first kappa shape index (κ1) is 28.0. The van der Waals surface area contributed by atoms with Crippen LogP contribution < -0.4 is 25.2 Å². The maximum Gasteiger partial charge on any atom is 0.210 e. The van der Waals surface area contributed by atoms with Crippen LogP contribution in [0.5, 0.6) is 11.5 Å². The lowest BCUT2D eigenvalue weighted by Crippen LogP contribution is -2.33. The molecule has 2 rings (SSSR count). The number of anilines is 1. The number of primary sulfonamides is 1. The van der Waals surface area contributed by atoms with Crippen molar-refractivity contribution in [3.8, 4) is 11.5 Å². The average Bonchev–Trinajstić information content (AvgIpc) is 2.68. The van der Waals surface area contributed by atoms with E-state index in [9.17, 15) is 8.42 Å². The Hall–Kier alpha value is -2.05. The van der Waals surface area contributed by atoms with Crippen LogP contribution >= 0.6 is 24.0 Å². The van der Waals surface area contributed by atoms with Gasteiger partial charge in [-0.3, -0.25) is 4.99 Å². The summed E-state index contributed by atoms with van der Waals surface area (Å²) in [4.78, 5) is 4.34. The molecule has 0 bridgehead atoms. The van der Waals surface area contributed by atoms with Crippen molar-refractivity contribution in [2.24, 2.45) is 10.1 Å². The molecule has 0 heterocycles. The van der Waals surface area contributed by atoms with Gasteiger partial charge in [0.15, 0.2) is 5.96 Å². The van der Waals surface area contributed by atoms with Crippen LogP contribution in [0.25, 0.3) is 0 Å². The Kier molecular flexibility index (Phi) is 11.8. The standard InChI is InChI=1S/C22H32N4O4S.HI/c1-16(2)30-20-8-6-19(7-9-20)26-22(25-13-14-31(23,27)28)24-12-11-18-15-17(3)5-10-21(18)29-4;/h5-10,15-16H,11-14H2,1-4H3,(H2,23,27,28)(H2,24,25,26);1H. The average molecular weight is 577 g/mol. The zero-order chi connectivity index (χ0) is 22.9. The molecule has 2 aromatic carbocycles. The summed E-state index contributed by atoms with van der Waals surface area (Å²) in [6.45, 7) is 6.60. The van der Waals surface area contributed by atoms with Crippen LogP contribution in [-0.4, -0.2) is 46.4 Å². The normalized spacial score (nSPS) is 11.6. The number of rotatable bonds is 10. The van der Waals surface area contributed by atoms with E-state index in [1.807, 2.05) is 57.2 Å². The molecule has 0 radical (unpaired) electrons. The van der Waals surface area contributed by atoms with Crippen molar-refractivity contribution in [3.63, 3.8) is 0 Å². The quantitative estimate of drug-likeness (QED) is 0.227. The van der Waals surface area contributed by atoms with E-state index < -0.39 is 10.0 Å². The van der Waals surface area contributed by atoms with Crippen molar-refractivity contribution in [2.75, 3.05) is 31.3 Å². The summed E-state index contributed by atoms with van der Waals surface area (Å²) in [5.74, 6) is 1.83. The highest BCUT2D eigenvalue weighted by molar-refractivity contribution is 14.0. The van der Waals surface area contributed by atoms with Crippen molar-refractivity contribution in [1.29, 1.82) is 0 Å². The number of aliphatic imine (C=N–C) groups is 1. The van der Waals surface area contributed by atoms with E-state index in [2.05, 4.69) is 21.7 Å². The molecule has 2 aromatic rings. The second-order valence-electron chi connectivity index (χ2n) is 7.41. The molecule has 32 heavy (non-hydrogen) atoms. The van der Waals surface area contributed by atoms with E-state index in [4.69, 9.17) is 14.6 Å². The summed E-state index contributed by atoms with van der Waals surface area (Å²) < 4.78 is 33.6. The SMILES string of the molecule is COc1ccc(C)cc1CCNC(=NCCS(N)(=O)=O)Nc1ccc(OC(C)C)cc1.I. The van der Waals surface area contributed by atoms with Crippen LogP contribution in [0.4, 0.5) is 5.69 Å². The smallest absolute Gasteiger partial charge is 0.210 e. The van der Waals surface area contributed by atoms with Gasteiger partial charge in [-0.15, -0.1) is 24.0 Å². The lowest BCUT2D eigenvalue weighted by molar-refractivity contribution is 0.242. The second-order valence-corrected chi connectivity index (χ2v) is 9.14. The number of nitrogens with zero attached hydrogens (tertiary/aromatic N) is 1. The molecule has 0 aliphatic rings.